The number of ether oxygens (including phenoxy) is 2. The van der Waals surface area contributed by atoms with E-state index in [1.54, 1.807) is 0 Å². The van der Waals surface area contributed by atoms with Crippen molar-refractivity contribution in [1.82, 2.24) is 10.2 Å². The number of nitrogens with zero attached hydrogens (tertiary/aromatic N) is 1. The molecule has 1 aliphatic heterocycles. The first-order chi connectivity index (χ1) is 9.60. The van der Waals surface area contributed by atoms with Gasteiger partial charge in [0.05, 0.1) is 6.54 Å². The van der Waals surface area contributed by atoms with Crippen LogP contribution in [0.25, 0.3) is 0 Å². The fourth-order valence-corrected chi connectivity index (χ4v) is 2.04. The fraction of sp³-hybridized carbons (Fsp3) is 0.533. The number of amides is 1. The first-order valence-electron chi connectivity index (χ1n) is 6.99. The van der Waals surface area contributed by atoms with Crippen molar-refractivity contribution in [1.29, 1.82) is 0 Å². The Morgan fingerprint density at radius 2 is 2.10 bits per heavy atom. The van der Waals surface area contributed by atoms with Crippen LogP contribution >= 0.6 is 0 Å². The molecule has 20 heavy (non-hydrogen) atoms. The van der Waals surface area contributed by atoms with E-state index in [9.17, 15) is 4.79 Å². The SMILES string of the molecule is CCN(Cc1ccc2c(c1)OCO2)C(=O)CNC(C)C. The van der Waals surface area contributed by atoms with E-state index in [1.165, 1.54) is 0 Å². The standard InChI is InChI=1S/C15H22N2O3/c1-4-17(15(18)8-16-11(2)3)9-12-5-6-13-14(7-12)20-10-19-13/h5-7,11,16H,4,8-10H2,1-3H3. The third kappa shape index (κ3) is 3.63. The zero-order valence-electron chi connectivity index (χ0n) is 12.3. The zero-order valence-corrected chi connectivity index (χ0v) is 12.3. The molecule has 0 aliphatic carbocycles. The molecule has 1 N–H and O–H groups in total. The number of rotatable bonds is 6. The summed E-state index contributed by atoms with van der Waals surface area (Å²) in [6, 6.07) is 6.11. The zero-order chi connectivity index (χ0) is 14.5. The van der Waals surface area contributed by atoms with Gasteiger partial charge >= 0.3 is 0 Å². The summed E-state index contributed by atoms with van der Waals surface area (Å²) in [5.41, 5.74) is 1.05. The maximum atomic E-state index is 12.1. The minimum atomic E-state index is 0.110. The second-order valence-electron chi connectivity index (χ2n) is 5.13. The van der Waals surface area contributed by atoms with E-state index in [1.807, 2.05) is 43.9 Å². The topological polar surface area (TPSA) is 50.8 Å². The average Bonchev–Trinajstić information content (AvgIpc) is 2.89. The number of carbonyl (C=O) groups is 1. The van der Waals surface area contributed by atoms with Gasteiger partial charge in [-0.2, -0.15) is 0 Å². The van der Waals surface area contributed by atoms with Crippen molar-refractivity contribution in [2.45, 2.75) is 33.4 Å². The summed E-state index contributed by atoms with van der Waals surface area (Å²) in [5.74, 6) is 1.63. The normalized spacial score (nSPS) is 12.8. The maximum Gasteiger partial charge on any atom is 0.236 e. The molecular weight excluding hydrogens is 256 g/mol. The van der Waals surface area contributed by atoms with Crippen LogP contribution in [0.4, 0.5) is 0 Å². The predicted molar refractivity (Wildman–Crippen MR) is 76.8 cm³/mol. The van der Waals surface area contributed by atoms with Crippen LogP contribution in [0.5, 0.6) is 11.5 Å². The molecule has 0 atom stereocenters. The molecule has 0 radical (unpaired) electrons. The summed E-state index contributed by atoms with van der Waals surface area (Å²) in [6.45, 7) is 7.96. The van der Waals surface area contributed by atoms with E-state index < -0.39 is 0 Å². The Balaban J connectivity index is 1.97. The summed E-state index contributed by atoms with van der Waals surface area (Å²) < 4.78 is 10.6. The van der Waals surface area contributed by atoms with Crippen LogP contribution in [-0.4, -0.2) is 36.7 Å². The van der Waals surface area contributed by atoms with Crippen LogP contribution < -0.4 is 14.8 Å². The lowest BCUT2D eigenvalue weighted by molar-refractivity contribution is -0.130. The molecular formula is C15H22N2O3. The van der Waals surface area contributed by atoms with Gasteiger partial charge in [-0.1, -0.05) is 19.9 Å². The van der Waals surface area contributed by atoms with Crippen LogP contribution in [0.3, 0.4) is 0 Å². The van der Waals surface area contributed by atoms with Crippen molar-refractivity contribution >= 4 is 5.91 Å². The Hall–Kier alpha value is -1.75. The Morgan fingerprint density at radius 3 is 2.80 bits per heavy atom. The van der Waals surface area contributed by atoms with Gasteiger partial charge in [-0.05, 0) is 24.6 Å². The lowest BCUT2D eigenvalue weighted by atomic mass is 10.2. The molecule has 0 fully saturated rings. The minimum Gasteiger partial charge on any atom is -0.454 e. The second-order valence-corrected chi connectivity index (χ2v) is 5.13. The van der Waals surface area contributed by atoms with E-state index in [0.717, 1.165) is 17.1 Å². The molecule has 5 heteroatoms. The van der Waals surface area contributed by atoms with E-state index in [2.05, 4.69) is 5.32 Å². The number of fused-ring (bicyclic) bond motifs is 1. The highest BCUT2D eigenvalue weighted by Crippen LogP contribution is 2.32. The van der Waals surface area contributed by atoms with Gasteiger partial charge in [0, 0.05) is 19.1 Å². The molecule has 0 bridgehead atoms. The Morgan fingerprint density at radius 1 is 1.35 bits per heavy atom. The van der Waals surface area contributed by atoms with E-state index in [4.69, 9.17) is 9.47 Å². The molecule has 0 aromatic heterocycles. The highest BCUT2D eigenvalue weighted by atomic mass is 16.7. The molecule has 0 saturated heterocycles. The number of hydrogen-bond donors (Lipinski definition) is 1. The summed E-state index contributed by atoms with van der Waals surface area (Å²) in [7, 11) is 0. The Bertz CT molecular complexity index is 474. The number of likely N-dealkylation sites (N-methyl/N-ethyl adjacent to an activating group) is 1. The number of hydrogen-bond acceptors (Lipinski definition) is 4. The van der Waals surface area contributed by atoms with Crippen molar-refractivity contribution < 1.29 is 14.3 Å². The van der Waals surface area contributed by atoms with Gasteiger partial charge in [-0.15, -0.1) is 0 Å². The minimum absolute atomic E-state index is 0.110. The molecule has 1 aromatic carbocycles. The van der Waals surface area contributed by atoms with E-state index >= 15 is 0 Å². The molecule has 1 heterocycles. The fourth-order valence-electron chi connectivity index (χ4n) is 2.04. The van der Waals surface area contributed by atoms with Gasteiger partial charge in [0.2, 0.25) is 12.7 Å². The van der Waals surface area contributed by atoms with Gasteiger partial charge in [0.25, 0.3) is 0 Å². The van der Waals surface area contributed by atoms with Crippen molar-refractivity contribution in [3.8, 4) is 11.5 Å². The van der Waals surface area contributed by atoms with Gasteiger partial charge in [-0.25, -0.2) is 0 Å². The molecule has 1 aromatic rings. The van der Waals surface area contributed by atoms with Crippen LogP contribution in [-0.2, 0) is 11.3 Å². The average molecular weight is 278 g/mol. The highest BCUT2D eigenvalue weighted by Gasteiger charge is 2.16. The van der Waals surface area contributed by atoms with Gasteiger partial charge in [0.1, 0.15) is 0 Å². The molecule has 1 amide bonds. The van der Waals surface area contributed by atoms with Gasteiger partial charge < -0.3 is 19.7 Å². The molecule has 0 saturated carbocycles. The number of nitrogens with one attached hydrogen (secondary N) is 1. The van der Waals surface area contributed by atoms with Crippen LogP contribution in [0.2, 0.25) is 0 Å². The van der Waals surface area contributed by atoms with Crippen LogP contribution in [0.15, 0.2) is 18.2 Å². The van der Waals surface area contributed by atoms with Crippen LogP contribution in [0, 0.1) is 0 Å². The summed E-state index contributed by atoms with van der Waals surface area (Å²) in [6.07, 6.45) is 0. The Labute approximate surface area is 119 Å². The van der Waals surface area contributed by atoms with Gasteiger partial charge in [-0.3, -0.25) is 4.79 Å². The first-order valence-corrected chi connectivity index (χ1v) is 6.99. The Kier molecular flexibility index (Phi) is 4.84. The molecule has 1 aliphatic rings. The lowest BCUT2D eigenvalue weighted by Crippen LogP contribution is -2.39. The largest absolute Gasteiger partial charge is 0.454 e. The summed E-state index contributed by atoms with van der Waals surface area (Å²) in [5, 5.41) is 3.15. The number of carbonyl (C=O) groups excluding carboxylic acids is 1. The summed E-state index contributed by atoms with van der Waals surface area (Å²) >= 11 is 0. The smallest absolute Gasteiger partial charge is 0.236 e. The maximum absolute atomic E-state index is 12.1. The predicted octanol–water partition coefficient (Wildman–Crippen LogP) is 1.76. The van der Waals surface area contributed by atoms with Gasteiger partial charge in [0.15, 0.2) is 11.5 Å². The monoisotopic (exact) mass is 278 g/mol. The van der Waals surface area contributed by atoms with Crippen molar-refractivity contribution in [3.05, 3.63) is 23.8 Å². The molecule has 0 unspecified atom stereocenters. The van der Waals surface area contributed by atoms with Crippen molar-refractivity contribution in [2.24, 2.45) is 0 Å². The quantitative estimate of drug-likeness (QED) is 0.861. The number of benzene rings is 1. The van der Waals surface area contributed by atoms with Crippen LogP contribution in [0.1, 0.15) is 26.3 Å². The van der Waals surface area contributed by atoms with E-state index in [0.29, 0.717) is 25.7 Å². The molecule has 0 spiro atoms. The molecule has 2 rings (SSSR count). The summed E-state index contributed by atoms with van der Waals surface area (Å²) in [4.78, 5) is 14.0. The third-order valence-electron chi connectivity index (χ3n) is 3.21. The molecule has 5 nitrogen and oxygen atoms in total. The van der Waals surface area contributed by atoms with Crippen molar-refractivity contribution in [2.75, 3.05) is 19.9 Å². The van der Waals surface area contributed by atoms with Crippen molar-refractivity contribution in [3.63, 3.8) is 0 Å². The first kappa shape index (κ1) is 14.7. The third-order valence-corrected chi connectivity index (χ3v) is 3.21. The van der Waals surface area contributed by atoms with E-state index in [-0.39, 0.29) is 12.7 Å². The lowest BCUT2D eigenvalue weighted by Gasteiger charge is -2.22. The molecule has 110 valence electrons. The highest BCUT2D eigenvalue weighted by molar-refractivity contribution is 5.78. The second kappa shape index (κ2) is 6.61.